The lowest BCUT2D eigenvalue weighted by molar-refractivity contribution is -0.118. The fourth-order valence-electron chi connectivity index (χ4n) is 3.64. The summed E-state index contributed by atoms with van der Waals surface area (Å²) in [4.78, 5) is 17.0. The van der Waals surface area contributed by atoms with E-state index >= 15 is 0 Å². The second-order valence-corrected chi connectivity index (χ2v) is 7.88. The van der Waals surface area contributed by atoms with E-state index in [2.05, 4.69) is 10.3 Å². The number of pyridine rings is 1. The van der Waals surface area contributed by atoms with Crippen LogP contribution in [0.2, 0.25) is 0 Å². The van der Waals surface area contributed by atoms with Gasteiger partial charge in [0, 0.05) is 41.2 Å². The molecule has 0 radical (unpaired) electrons. The van der Waals surface area contributed by atoms with E-state index < -0.39 is 11.9 Å². The number of hydrogen-bond donors (Lipinski definition) is 5. The summed E-state index contributed by atoms with van der Waals surface area (Å²) in [5, 5.41) is 30.0. The van der Waals surface area contributed by atoms with Crippen molar-refractivity contribution in [1.29, 1.82) is 10.8 Å². The van der Waals surface area contributed by atoms with Gasteiger partial charge in [-0.05, 0) is 36.4 Å². The topological polar surface area (TPSA) is 154 Å². The maximum absolute atomic E-state index is 12.9. The van der Waals surface area contributed by atoms with Crippen molar-refractivity contribution in [1.82, 2.24) is 10.3 Å². The second-order valence-electron chi connectivity index (χ2n) is 7.88. The summed E-state index contributed by atoms with van der Waals surface area (Å²) >= 11 is 0. The van der Waals surface area contributed by atoms with Gasteiger partial charge in [0.25, 0.3) is 5.91 Å². The van der Waals surface area contributed by atoms with Crippen LogP contribution in [-0.2, 0) is 4.79 Å². The van der Waals surface area contributed by atoms with Crippen LogP contribution in [-0.4, -0.2) is 40.6 Å². The van der Waals surface area contributed by atoms with Gasteiger partial charge in [0.15, 0.2) is 11.5 Å². The minimum Gasteiger partial charge on any atom is -0.508 e. The molecule has 0 saturated heterocycles. The zero-order valence-electron chi connectivity index (χ0n) is 18.8. The highest BCUT2D eigenvalue weighted by Gasteiger charge is 2.22. The third-order valence-electron chi connectivity index (χ3n) is 5.45. The lowest BCUT2D eigenvalue weighted by Crippen LogP contribution is -2.34. The summed E-state index contributed by atoms with van der Waals surface area (Å²) in [5.74, 6) is 0.496. The van der Waals surface area contributed by atoms with Crippen molar-refractivity contribution >= 4 is 17.3 Å². The Bertz CT molecular complexity index is 1290. The molecule has 3 aromatic rings. The Kier molecular flexibility index (Phi) is 7.06. The molecular weight excluding hydrogens is 446 g/mol. The molecule has 0 spiro atoms. The molecule has 0 aliphatic carbocycles. The van der Waals surface area contributed by atoms with Gasteiger partial charge < -0.3 is 36.4 Å². The molecule has 6 N–H and O–H groups in total. The van der Waals surface area contributed by atoms with E-state index in [0.717, 1.165) is 0 Å². The smallest absolute Gasteiger partial charge is 0.267 e. The number of fused-ring (bicyclic) bond motifs is 1. The molecule has 2 aromatic carbocycles. The SMILES string of the molecule is N=C(/C=C(\N)C(=O)NC(CC(=N)c1cccnc1)c1ccccc1O)c1ccc2c(c1)OCCO2. The Hall–Kier alpha value is -4.66. The van der Waals surface area contributed by atoms with E-state index in [-0.39, 0.29) is 29.3 Å². The lowest BCUT2D eigenvalue weighted by Gasteiger charge is -2.21. The Labute approximate surface area is 202 Å². The van der Waals surface area contributed by atoms with E-state index in [1.165, 1.54) is 12.1 Å². The quantitative estimate of drug-likeness (QED) is 0.251. The number of benzene rings is 2. The molecule has 0 saturated carbocycles. The monoisotopic (exact) mass is 471 g/mol. The molecule has 2 heterocycles. The van der Waals surface area contributed by atoms with Crippen molar-refractivity contribution in [2.75, 3.05) is 13.2 Å². The van der Waals surface area contributed by atoms with Crippen LogP contribution < -0.4 is 20.5 Å². The van der Waals surface area contributed by atoms with E-state index in [1.54, 1.807) is 60.9 Å². The Morgan fingerprint density at radius 1 is 1.09 bits per heavy atom. The number of amides is 1. The van der Waals surface area contributed by atoms with Crippen LogP contribution in [0, 0.1) is 10.8 Å². The number of aromatic nitrogens is 1. The van der Waals surface area contributed by atoms with Gasteiger partial charge in [0.1, 0.15) is 19.0 Å². The minimum absolute atomic E-state index is 0.0108. The molecule has 1 atom stereocenters. The predicted octanol–water partition coefficient (Wildman–Crippen LogP) is 3.08. The number of nitrogens with one attached hydrogen (secondary N) is 3. The molecule has 0 fully saturated rings. The Balaban J connectivity index is 1.52. The number of nitrogens with zero attached hydrogens (tertiary/aromatic N) is 1. The second kappa shape index (κ2) is 10.5. The first kappa shape index (κ1) is 23.5. The van der Waals surface area contributed by atoms with Crippen LogP contribution in [0.3, 0.4) is 0 Å². The Morgan fingerprint density at radius 3 is 2.60 bits per heavy atom. The molecule has 1 unspecified atom stereocenters. The van der Waals surface area contributed by atoms with Crippen LogP contribution in [0.1, 0.15) is 29.2 Å². The number of ether oxygens (including phenoxy) is 2. The van der Waals surface area contributed by atoms with Gasteiger partial charge in [-0.3, -0.25) is 9.78 Å². The first-order chi connectivity index (χ1) is 16.9. The van der Waals surface area contributed by atoms with Crippen LogP contribution >= 0.6 is 0 Å². The summed E-state index contributed by atoms with van der Waals surface area (Å²) in [7, 11) is 0. The number of phenolic OH excluding ortho intramolecular Hbond substituents is 1. The van der Waals surface area contributed by atoms with Gasteiger partial charge in [-0.1, -0.05) is 24.3 Å². The van der Waals surface area contributed by atoms with E-state index in [9.17, 15) is 9.90 Å². The third kappa shape index (κ3) is 5.64. The maximum Gasteiger partial charge on any atom is 0.267 e. The van der Waals surface area contributed by atoms with E-state index in [1.807, 2.05) is 0 Å². The first-order valence-electron chi connectivity index (χ1n) is 10.9. The standard InChI is InChI=1S/C26H25N5O4/c27-19(16-7-8-24-25(12-16)35-11-10-34-24)13-21(29)26(33)31-22(18-5-1-2-6-23(18)32)14-20(28)17-4-3-9-30-15-17/h1-9,12-13,15,22,27-28,32H,10-11,14,29H2,(H,31,33)/b21-13-,27-19?,28-20?. The fraction of sp³-hybridized carbons (Fsp3) is 0.154. The largest absolute Gasteiger partial charge is 0.508 e. The molecular formula is C26H25N5O4. The van der Waals surface area contributed by atoms with E-state index in [0.29, 0.717) is 41.4 Å². The molecule has 35 heavy (non-hydrogen) atoms. The molecule has 1 aliphatic rings. The first-order valence-corrected chi connectivity index (χ1v) is 10.9. The summed E-state index contributed by atoms with van der Waals surface area (Å²) in [6, 6.07) is 14.4. The molecule has 1 aromatic heterocycles. The Morgan fingerprint density at radius 2 is 1.86 bits per heavy atom. The van der Waals surface area contributed by atoms with Crippen molar-refractivity contribution in [2.45, 2.75) is 12.5 Å². The number of carbonyl (C=O) groups excluding carboxylic acids is 1. The zero-order valence-corrected chi connectivity index (χ0v) is 18.8. The minimum atomic E-state index is -0.730. The van der Waals surface area contributed by atoms with Gasteiger partial charge in [-0.25, -0.2) is 0 Å². The van der Waals surface area contributed by atoms with Crippen LogP contribution in [0.15, 0.2) is 78.8 Å². The number of aromatic hydroxyl groups is 1. The van der Waals surface area contributed by atoms with Crippen molar-refractivity contribution < 1.29 is 19.4 Å². The van der Waals surface area contributed by atoms with Crippen LogP contribution in [0.4, 0.5) is 0 Å². The highest BCUT2D eigenvalue weighted by atomic mass is 16.6. The molecule has 9 heteroatoms. The molecule has 178 valence electrons. The van der Waals surface area contributed by atoms with Gasteiger partial charge in [-0.2, -0.15) is 0 Å². The lowest BCUT2D eigenvalue weighted by atomic mass is 9.97. The molecule has 4 rings (SSSR count). The number of carbonyl (C=O) groups is 1. The number of rotatable bonds is 8. The van der Waals surface area contributed by atoms with Crippen molar-refractivity contribution in [3.05, 3.63) is 95.5 Å². The van der Waals surface area contributed by atoms with Gasteiger partial charge in [0.2, 0.25) is 0 Å². The normalized spacial score (nSPS) is 13.5. The average molecular weight is 472 g/mol. The number of hydrogen-bond acceptors (Lipinski definition) is 8. The van der Waals surface area contributed by atoms with Crippen LogP contribution in [0.5, 0.6) is 17.2 Å². The van der Waals surface area contributed by atoms with Gasteiger partial charge >= 0.3 is 0 Å². The molecule has 0 bridgehead atoms. The number of nitrogens with two attached hydrogens (primary N) is 1. The van der Waals surface area contributed by atoms with Crippen LogP contribution in [0.25, 0.3) is 0 Å². The fourth-order valence-corrected chi connectivity index (χ4v) is 3.64. The summed E-state index contributed by atoms with van der Waals surface area (Å²) in [5.41, 5.74) is 7.67. The van der Waals surface area contributed by atoms with Gasteiger partial charge in [-0.15, -0.1) is 0 Å². The number of allylic oxidation sites excluding steroid dienone is 1. The summed E-state index contributed by atoms with van der Waals surface area (Å²) in [6.07, 6.45) is 4.53. The number of para-hydroxylation sites is 1. The maximum atomic E-state index is 12.9. The molecule has 9 nitrogen and oxygen atoms in total. The van der Waals surface area contributed by atoms with Crippen molar-refractivity contribution in [2.24, 2.45) is 5.73 Å². The summed E-state index contributed by atoms with van der Waals surface area (Å²) in [6.45, 7) is 0.888. The molecule has 1 aliphatic heterocycles. The third-order valence-corrected chi connectivity index (χ3v) is 5.45. The zero-order chi connectivity index (χ0) is 24.8. The highest BCUT2D eigenvalue weighted by Crippen LogP contribution is 2.31. The van der Waals surface area contributed by atoms with Crippen molar-refractivity contribution in [3.8, 4) is 17.2 Å². The molecule has 1 amide bonds. The van der Waals surface area contributed by atoms with E-state index in [4.69, 9.17) is 26.0 Å². The predicted molar refractivity (Wildman–Crippen MR) is 131 cm³/mol. The number of phenols is 1. The summed E-state index contributed by atoms with van der Waals surface area (Å²) < 4.78 is 11.0. The van der Waals surface area contributed by atoms with Crippen molar-refractivity contribution in [3.63, 3.8) is 0 Å². The average Bonchev–Trinajstić information content (AvgIpc) is 2.88. The van der Waals surface area contributed by atoms with Gasteiger partial charge in [0.05, 0.1) is 17.5 Å². The highest BCUT2D eigenvalue weighted by molar-refractivity contribution is 6.11.